The van der Waals surface area contributed by atoms with Gasteiger partial charge in [0.1, 0.15) is 17.0 Å². The largest absolute Gasteiger partial charge is 0.439 e. The SMILES string of the molecule is CNC(=O)c1ccc(-c2nc3c(o2)CN(Cc2ccc4c([nH]c(=O)c5c(F)cnn54)c2F)C3)cn1. The number of amides is 1. The van der Waals surface area contributed by atoms with E-state index in [9.17, 15) is 14.0 Å². The molecule has 4 aromatic heterocycles. The summed E-state index contributed by atoms with van der Waals surface area (Å²) in [7, 11) is 1.53. The topological polar surface area (TPSA) is 121 Å². The van der Waals surface area contributed by atoms with E-state index in [1.165, 1.54) is 13.2 Å². The lowest BCUT2D eigenvalue weighted by molar-refractivity contribution is 0.0958. The number of nitrogens with one attached hydrogen (secondary N) is 2. The lowest BCUT2D eigenvalue weighted by Crippen LogP contribution is -2.19. The molecule has 35 heavy (non-hydrogen) atoms. The summed E-state index contributed by atoms with van der Waals surface area (Å²) >= 11 is 0. The molecule has 1 aliphatic heterocycles. The van der Waals surface area contributed by atoms with Gasteiger partial charge in [-0.2, -0.15) is 5.10 Å². The third-order valence-corrected chi connectivity index (χ3v) is 5.99. The van der Waals surface area contributed by atoms with Crippen LogP contribution in [0, 0.1) is 11.6 Å². The standard InChI is InChI=1S/C23H17F2N7O3/c1-26-21(33)14-4-2-11(6-27-14)23-29-15-9-31(10-17(15)35-23)8-12-3-5-16-19(18(12)25)30-22(34)20-13(24)7-28-32(16)20/h2-7H,8-10H2,1H3,(H,26,33)(H,30,34). The molecule has 0 saturated heterocycles. The minimum atomic E-state index is -0.770. The average Bonchev–Trinajstić information content (AvgIpc) is 3.54. The molecule has 10 nitrogen and oxygen atoms in total. The van der Waals surface area contributed by atoms with Crippen LogP contribution in [0.1, 0.15) is 27.5 Å². The number of rotatable bonds is 4. The van der Waals surface area contributed by atoms with Gasteiger partial charge in [-0.05, 0) is 18.2 Å². The number of nitrogens with zero attached hydrogens (tertiary/aromatic N) is 5. The summed E-state index contributed by atoms with van der Waals surface area (Å²) in [5, 5.41) is 6.36. The zero-order valence-electron chi connectivity index (χ0n) is 18.3. The van der Waals surface area contributed by atoms with E-state index in [1.54, 1.807) is 24.3 Å². The van der Waals surface area contributed by atoms with Crippen LogP contribution in [0.25, 0.3) is 28.0 Å². The first-order chi connectivity index (χ1) is 16.9. The van der Waals surface area contributed by atoms with Gasteiger partial charge in [0.2, 0.25) is 5.89 Å². The predicted octanol–water partition coefficient (Wildman–Crippen LogP) is 2.38. The summed E-state index contributed by atoms with van der Waals surface area (Å²) in [6, 6.07) is 6.49. The van der Waals surface area contributed by atoms with E-state index in [2.05, 4.69) is 25.4 Å². The molecular weight excluding hydrogens is 460 g/mol. The summed E-state index contributed by atoms with van der Waals surface area (Å²) in [5.41, 5.74) is 1.25. The number of fused-ring (bicyclic) bond motifs is 4. The van der Waals surface area contributed by atoms with Gasteiger partial charge in [-0.25, -0.2) is 18.3 Å². The smallest absolute Gasteiger partial charge is 0.277 e. The Bertz CT molecular complexity index is 1660. The van der Waals surface area contributed by atoms with Crippen molar-refractivity contribution in [2.75, 3.05) is 7.05 Å². The van der Waals surface area contributed by atoms with E-state index < -0.39 is 17.2 Å². The first kappa shape index (κ1) is 21.1. The van der Waals surface area contributed by atoms with E-state index >= 15 is 4.39 Å². The fourth-order valence-electron chi connectivity index (χ4n) is 4.28. The van der Waals surface area contributed by atoms with Gasteiger partial charge in [-0.3, -0.25) is 19.5 Å². The van der Waals surface area contributed by atoms with Crippen molar-refractivity contribution in [2.24, 2.45) is 0 Å². The number of aromatic amines is 1. The molecule has 2 N–H and O–H groups in total. The van der Waals surface area contributed by atoms with Gasteiger partial charge in [-0.1, -0.05) is 6.07 Å². The van der Waals surface area contributed by atoms with Crippen molar-refractivity contribution in [3.8, 4) is 11.5 Å². The van der Waals surface area contributed by atoms with Crippen molar-refractivity contribution < 1.29 is 18.0 Å². The Morgan fingerprint density at radius 1 is 1.20 bits per heavy atom. The van der Waals surface area contributed by atoms with Crippen molar-refractivity contribution in [2.45, 2.75) is 19.6 Å². The van der Waals surface area contributed by atoms with E-state index in [0.717, 1.165) is 16.4 Å². The van der Waals surface area contributed by atoms with Gasteiger partial charge in [0.15, 0.2) is 17.2 Å². The highest BCUT2D eigenvalue weighted by atomic mass is 19.1. The Morgan fingerprint density at radius 2 is 2.06 bits per heavy atom. The van der Waals surface area contributed by atoms with Gasteiger partial charge in [0.25, 0.3) is 11.5 Å². The number of benzene rings is 1. The van der Waals surface area contributed by atoms with Gasteiger partial charge in [0.05, 0.1) is 29.5 Å². The van der Waals surface area contributed by atoms with Crippen LogP contribution in [-0.2, 0) is 19.6 Å². The number of halogens is 2. The Hall–Kier alpha value is -4.45. The van der Waals surface area contributed by atoms with E-state index in [1.807, 2.05) is 4.90 Å². The molecule has 0 unspecified atom stereocenters. The average molecular weight is 477 g/mol. The van der Waals surface area contributed by atoms with Crippen LogP contribution in [-0.4, -0.2) is 42.4 Å². The molecule has 0 aliphatic carbocycles. The summed E-state index contributed by atoms with van der Waals surface area (Å²) in [4.78, 5) is 36.9. The van der Waals surface area contributed by atoms with E-state index in [4.69, 9.17) is 4.42 Å². The first-order valence-corrected chi connectivity index (χ1v) is 10.7. The van der Waals surface area contributed by atoms with Gasteiger partial charge in [0, 0.05) is 31.9 Å². The second-order valence-electron chi connectivity index (χ2n) is 8.19. The molecule has 0 bridgehead atoms. The quantitative estimate of drug-likeness (QED) is 0.408. The first-order valence-electron chi connectivity index (χ1n) is 10.7. The molecule has 5 aromatic rings. The summed E-state index contributed by atoms with van der Waals surface area (Å²) in [6.45, 7) is 1.11. The van der Waals surface area contributed by atoms with Crippen LogP contribution in [0.4, 0.5) is 8.78 Å². The second-order valence-corrected chi connectivity index (χ2v) is 8.19. The maximum Gasteiger partial charge on any atom is 0.277 e. The number of aromatic nitrogens is 5. The number of carbonyl (C=O) groups excluding carboxylic acids is 1. The molecule has 0 atom stereocenters. The third kappa shape index (κ3) is 3.37. The minimum absolute atomic E-state index is 0.0351. The van der Waals surface area contributed by atoms with Crippen LogP contribution < -0.4 is 10.9 Å². The lowest BCUT2D eigenvalue weighted by atomic mass is 10.1. The molecule has 1 aliphatic rings. The summed E-state index contributed by atoms with van der Waals surface area (Å²) in [5.74, 6) is -0.590. The highest BCUT2D eigenvalue weighted by Gasteiger charge is 2.27. The van der Waals surface area contributed by atoms with Crippen LogP contribution >= 0.6 is 0 Å². The maximum absolute atomic E-state index is 15.3. The number of oxazole rings is 1. The normalized spacial score (nSPS) is 13.6. The van der Waals surface area contributed by atoms with Crippen molar-refractivity contribution >= 4 is 22.5 Å². The Kier molecular flexibility index (Phi) is 4.71. The molecule has 176 valence electrons. The van der Waals surface area contributed by atoms with Crippen molar-refractivity contribution in [3.63, 3.8) is 0 Å². The highest BCUT2D eigenvalue weighted by Crippen LogP contribution is 2.30. The van der Waals surface area contributed by atoms with Gasteiger partial charge in [-0.15, -0.1) is 0 Å². The number of hydrogen-bond donors (Lipinski definition) is 2. The molecule has 0 spiro atoms. The molecule has 1 amide bonds. The van der Waals surface area contributed by atoms with Crippen molar-refractivity contribution in [1.82, 2.24) is 34.8 Å². The molecule has 1 aromatic carbocycles. The lowest BCUT2D eigenvalue weighted by Gasteiger charge is -2.16. The third-order valence-electron chi connectivity index (χ3n) is 5.99. The molecule has 5 heterocycles. The molecule has 12 heteroatoms. The number of carbonyl (C=O) groups is 1. The Labute approximate surface area is 195 Å². The summed E-state index contributed by atoms with van der Waals surface area (Å²) < 4.78 is 36.1. The fraction of sp³-hybridized carbons (Fsp3) is 0.174. The molecule has 0 saturated carbocycles. The Balaban J connectivity index is 1.23. The van der Waals surface area contributed by atoms with Crippen molar-refractivity contribution in [3.05, 3.63) is 81.4 Å². The summed E-state index contributed by atoms with van der Waals surface area (Å²) in [6.07, 6.45) is 2.45. The zero-order chi connectivity index (χ0) is 24.3. The second kappa shape index (κ2) is 7.81. The molecular formula is C23H17F2N7O3. The minimum Gasteiger partial charge on any atom is -0.439 e. The van der Waals surface area contributed by atoms with E-state index in [0.29, 0.717) is 41.6 Å². The molecule has 0 fully saturated rings. The zero-order valence-corrected chi connectivity index (χ0v) is 18.3. The highest BCUT2D eigenvalue weighted by molar-refractivity contribution is 5.92. The molecule has 0 radical (unpaired) electrons. The van der Waals surface area contributed by atoms with Crippen LogP contribution in [0.15, 0.2) is 45.9 Å². The van der Waals surface area contributed by atoms with E-state index in [-0.39, 0.29) is 29.0 Å². The van der Waals surface area contributed by atoms with Crippen molar-refractivity contribution in [1.29, 1.82) is 0 Å². The van der Waals surface area contributed by atoms with Gasteiger partial charge < -0.3 is 14.7 Å². The predicted molar refractivity (Wildman–Crippen MR) is 119 cm³/mol. The number of H-pyrrole nitrogens is 1. The van der Waals surface area contributed by atoms with Crippen LogP contribution in [0.3, 0.4) is 0 Å². The van der Waals surface area contributed by atoms with Gasteiger partial charge >= 0.3 is 0 Å². The maximum atomic E-state index is 15.3. The van der Waals surface area contributed by atoms with Crippen LogP contribution in [0.2, 0.25) is 0 Å². The fourth-order valence-corrected chi connectivity index (χ4v) is 4.28. The number of pyridine rings is 1. The monoisotopic (exact) mass is 477 g/mol. The molecule has 6 rings (SSSR count). The van der Waals surface area contributed by atoms with Crippen LogP contribution in [0.5, 0.6) is 0 Å². The number of hydrogen-bond acceptors (Lipinski definition) is 7. The Morgan fingerprint density at radius 3 is 2.80 bits per heavy atom.